The highest BCUT2D eigenvalue weighted by molar-refractivity contribution is 7.99. The van der Waals surface area contributed by atoms with Crippen molar-refractivity contribution < 1.29 is 9.59 Å². The number of nitrogens with two attached hydrogens (primary N) is 1. The molecule has 4 N–H and O–H groups in total. The molecule has 0 unspecified atom stereocenters. The van der Waals surface area contributed by atoms with Crippen LogP contribution in [-0.4, -0.2) is 45.5 Å². The molecule has 2 heterocycles. The zero-order valence-electron chi connectivity index (χ0n) is 18.7. The summed E-state index contributed by atoms with van der Waals surface area (Å²) >= 11 is 1.13. The number of anilines is 2. The maximum absolute atomic E-state index is 12.7. The predicted octanol–water partition coefficient (Wildman–Crippen LogP) is 3.18. The molecule has 34 heavy (non-hydrogen) atoms. The second-order valence-electron chi connectivity index (χ2n) is 8.25. The van der Waals surface area contributed by atoms with Crippen LogP contribution in [0.25, 0.3) is 0 Å². The van der Waals surface area contributed by atoms with E-state index in [9.17, 15) is 14.4 Å². The number of aromatic amines is 1. The summed E-state index contributed by atoms with van der Waals surface area (Å²) in [6, 6.07) is 18.9. The van der Waals surface area contributed by atoms with E-state index < -0.39 is 11.5 Å². The predicted molar refractivity (Wildman–Crippen MR) is 134 cm³/mol. The van der Waals surface area contributed by atoms with Crippen LogP contribution >= 0.6 is 11.8 Å². The summed E-state index contributed by atoms with van der Waals surface area (Å²) in [6.45, 7) is 1.46. The summed E-state index contributed by atoms with van der Waals surface area (Å²) in [6.07, 6.45) is 2.99. The van der Waals surface area contributed by atoms with Gasteiger partial charge < -0.3 is 16.0 Å². The fraction of sp³-hybridized carbons (Fsp3) is 0.280. The fourth-order valence-corrected chi connectivity index (χ4v) is 4.76. The number of aromatic nitrogens is 2. The Morgan fingerprint density at radius 3 is 2.35 bits per heavy atom. The van der Waals surface area contributed by atoms with Crippen molar-refractivity contribution in [1.29, 1.82) is 0 Å². The van der Waals surface area contributed by atoms with Crippen LogP contribution in [0.5, 0.6) is 0 Å². The molecule has 1 aliphatic rings. The average Bonchev–Trinajstić information content (AvgIpc) is 2.86. The molecule has 0 spiro atoms. The number of carbonyl (C=O) groups is 2. The van der Waals surface area contributed by atoms with Crippen molar-refractivity contribution in [1.82, 2.24) is 14.9 Å². The van der Waals surface area contributed by atoms with Crippen LogP contribution in [0, 0.1) is 5.92 Å². The summed E-state index contributed by atoms with van der Waals surface area (Å²) in [7, 11) is 0. The minimum atomic E-state index is -0.562. The molecule has 0 bridgehead atoms. The maximum Gasteiger partial charge on any atom is 0.277 e. The third-order valence-electron chi connectivity index (χ3n) is 5.87. The van der Waals surface area contributed by atoms with Crippen LogP contribution in [0.2, 0.25) is 0 Å². The molecule has 1 aliphatic heterocycles. The number of likely N-dealkylation sites (tertiary alicyclic amines) is 1. The second kappa shape index (κ2) is 11.0. The normalized spacial score (nSPS) is 14.1. The molecule has 0 radical (unpaired) electrons. The number of rotatable bonds is 7. The van der Waals surface area contributed by atoms with Crippen LogP contribution in [0.4, 0.5) is 11.5 Å². The Bertz CT molecular complexity index is 1190. The Hall–Kier alpha value is -3.59. The number of amides is 2. The number of H-pyrrole nitrogens is 1. The number of carbonyl (C=O) groups excluding carboxylic acids is 2. The summed E-state index contributed by atoms with van der Waals surface area (Å²) in [5, 5.41) is 2.75. The standard InChI is InChI=1S/C25H27N5O3S/c26-22-21(27-23(32)19-9-5-2-6-10-19)24(33)29-25(28-22)34-16-20(31)30-13-11-18(12-14-30)15-17-7-3-1-4-8-17/h1-10,18H,11-16H2,(H,27,32)(H3,26,28,29,33). The van der Waals surface area contributed by atoms with Gasteiger partial charge in [-0.25, -0.2) is 4.98 Å². The van der Waals surface area contributed by atoms with E-state index in [1.54, 1.807) is 30.3 Å². The highest BCUT2D eigenvalue weighted by Crippen LogP contribution is 2.23. The highest BCUT2D eigenvalue weighted by atomic mass is 32.2. The molecule has 1 aromatic heterocycles. The van der Waals surface area contributed by atoms with Gasteiger partial charge in [0.2, 0.25) is 5.91 Å². The van der Waals surface area contributed by atoms with Gasteiger partial charge in [-0.1, -0.05) is 60.3 Å². The SMILES string of the molecule is Nc1nc(SCC(=O)N2CCC(Cc3ccccc3)CC2)[nH]c(=O)c1NC(=O)c1ccccc1. The molecule has 0 aliphatic carbocycles. The fourth-order valence-electron chi connectivity index (χ4n) is 3.99. The molecule has 2 amide bonds. The Morgan fingerprint density at radius 2 is 1.71 bits per heavy atom. The molecule has 1 fully saturated rings. The molecule has 2 aromatic carbocycles. The van der Waals surface area contributed by atoms with Crippen LogP contribution < -0.4 is 16.6 Å². The third-order valence-corrected chi connectivity index (χ3v) is 6.73. The van der Waals surface area contributed by atoms with Gasteiger partial charge in [0.25, 0.3) is 11.5 Å². The topological polar surface area (TPSA) is 121 Å². The summed E-state index contributed by atoms with van der Waals surface area (Å²) in [5.41, 5.74) is 6.99. The molecule has 3 aromatic rings. The van der Waals surface area contributed by atoms with Crippen molar-refractivity contribution in [3.05, 3.63) is 82.1 Å². The minimum absolute atomic E-state index is 0.00541. The molecule has 9 heteroatoms. The van der Waals surface area contributed by atoms with Gasteiger partial charge in [0.1, 0.15) is 5.69 Å². The van der Waals surface area contributed by atoms with Gasteiger partial charge in [0.15, 0.2) is 11.0 Å². The van der Waals surface area contributed by atoms with E-state index in [2.05, 4.69) is 39.6 Å². The number of benzene rings is 2. The number of nitrogens with one attached hydrogen (secondary N) is 2. The van der Waals surface area contributed by atoms with Gasteiger partial charge in [-0.15, -0.1) is 0 Å². The van der Waals surface area contributed by atoms with Gasteiger partial charge >= 0.3 is 0 Å². The minimum Gasteiger partial charge on any atom is -0.382 e. The lowest BCUT2D eigenvalue weighted by Crippen LogP contribution is -2.39. The summed E-state index contributed by atoms with van der Waals surface area (Å²) in [4.78, 5) is 46.1. The molecule has 176 valence electrons. The van der Waals surface area contributed by atoms with Crippen molar-refractivity contribution in [2.45, 2.75) is 24.4 Å². The first-order chi connectivity index (χ1) is 16.5. The van der Waals surface area contributed by atoms with Crippen LogP contribution in [-0.2, 0) is 11.2 Å². The molecule has 1 saturated heterocycles. The zero-order chi connectivity index (χ0) is 23.9. The van der Waals surface area contributed by atoms with Gasteiger partial charge in [0.05, 0.1) is 5.75 Å². The first-order valence-electron chi connectivity index (χ1n) is 11.2. The molecular formula is C25H27N5O3S. The second-order valence-corrected chi connectivity index (χ2v) is 9.22. The molecule has 0 saturated carbocycles. The average molecular weight is 478 g/mol. The van der Waals surface area contributed by atoms with E-state index in [0.29, 0.717) is 11.5 Å². The molecule has 0 atom stereocenters. The van der Waals surface area contributed by atoms with Crippen molar-refractivity contribution in [3.8, 4) is 0 Å². The highest BCUT2D eigenvalue weighted by Gasteiger charge is 2.23. The van der Waals surface area contributed by atoms with Gasteiger partial charge in [-0.3, -0.25) is 19.4 Å². The van der Waals surface area contributed by atoms with Crippen molar-refractivity contribution >= 4 is 35.1 Å². The van der Waals surface area contributed by atoms with Crippen molar-refractivity contribution in [2.24, 2.45) is 5.92 Å². The number of thioether (sulfide) groups is 1. The van der Waals surface area contributed by atoms with Gasteiger partial charge in [-0.05, 0) is 42.9 Å². The van der Waals surface area contributed by atoms with Crippen LogP contribution in [0.15, 0.2) is 70.6 Å². The van der Waals surface area contributed by atoms with Gasteiger partial charge in [-0.2, -0.15) is 0 Å². The molecular weight excluding hydrogens is 450 g/mol. The van der Waals surface area contributed by atoms with Gasteiger partial charge in [0, 0.05) is 18.7 Å². The lowest BCUT2D eigenvalue weighted by Gasteiger charge is -2.32. The number of nitrogens with zero attached hydrogens (tertiary/aromatic N) is 2. The van der Waals surface area contributed by atoms with E-state index in [4.69, 9.17) is 5.73 Å². The van der Waals surface area contributed by atoms with Crippen LogP contribution in [0.1, 0.15) is 28.8 Å². The van der Waals surface area contributed by atoms with E-state index in [0.717, 1.165) is 44.1 Å². The molecule has 8 nitrogen and oxygen atoms in total. The monoisotopic (exact) mass is 477 g/mol. The Labute approximate surface area is 202 Å². The van der Waals surface area contributed by atoms with E-state index in [1.165, 1.54) is 5.56 Å². The first-order valence-corrected chi connectivity index (χ1v) is 12.2. The summed E-state index contributed by atoms with van der Waals surface area (Å²) < 4.78 is 0. The number of hydrogen-bond acceptors (Lipinski definition) is 6. The Kier molecular flexibility index (Phi) is 7.64. The number of piperidine rings is 1. The summed E-state index contributed by atoms with van der Waals surface area (Å²) in [5.74, 6) is 0.193. The largest absolute Gasteiger partial charge is 0.382 e. The first kappa shape index (κ1) is 23.6. The third kappa shape index (κ3) is 6.05. The smallest absolute Gasteiger partial charge is 0.277 e. The lowest BCUT2D eigenvalue weighted by atomic mass is 9.90. The number of nitrogen functional groups attached to an aromatic ring is 1. The van der Waals surface area contributed by atoms with E-state index in [1.807, 2.05) is 11.0 Å². The Morgan fingerprint density at radius 1 is 1.06 bits per heavy atom. The number of hydrogen-bond donors (Lipinski definition) is 3. The quantitative estimate of drug-likeness (QED) is 0.355. The lowest BCUT2D eigenvalue weighted by molar-refractivity contribution is -0.129. The van der Waals surface area contributed by atoms with Crippen molar-refractivity contribution in [2.75, 3.05) is 29.9 Å². The van der Waals surface area contributed by atoms with E-state index in [-0.39, 0.29) is 28.3 Å². The Balaban J connectivity index is 1.28. The maximum atomic E-state index is 12.7. The van der Waals surface area contributed by atoms with Crippen LogP contribution in [0.3, 0.4) is 0 Å². The van der Waals surface area contributed by atoms with E-state index >= 15 is 0 Å². The molecule has 4 rings (SSSR count). The van der Waals surface area contributed by atoms with Crippen molar-refractivity contribution in [3.63, 3.8) is 0 Å². The zero-order valence-corrected chi connectivity index (χ0v) is 19.5.